The van der Waals surface area contributed by atoms with E-state index in [1.54, 1.807) is 0 Å². The molecule has 2 rings (SSSR count). The van der Waals surface area contributed by atoms with Gasteiger partial charge in [-0.15, -0.1) is 0 Å². The molecule has 1 aromatic carbocycles. The Morgan fingerprint density at radius 3 is 1.94 bits per heavy atom. The highest BCUT2D eigenvalue weighted by Crippen LogP contribution is 2.27. The molecule has 3 heteroatoms. The van der Waals surface area contributed by atoms with Gasteiger partial charge in [0, 0.05) is 16.8 Å². The lowest BCUT2D eigenvalue weighted by Crippen LogP contribution is -2.04. The predicted octanol–water partition coefficient (Wildman–Crippen LogP) is 3.27. The van der Waals surface area contributed by atoms with Gasteiger partial charge in [-0.1, -0.05) is 17.7 Å². The third kappa shape index (κ3) is 2.08. The SMILES string of the molecule is Cc1cc(C)c(-c2nc(C)c(C)c(N)n2)c(C)c1. The van der Waals surface area contributed by atoms with Crippen molar-refractivity contribution in [1.29, 1.82) is 0 Å². The highest BCUT2D eigenvalue weighted by atomic mass is 15.0. The molecule has 0 amide bonds. The van der Waals surface area contributed by atoms with Gasteiger partial charge in [0.2, 0.25) is 0 Å². The minimum Gasteiger partial charge on any atom is -0.383 e. The summed E-state index contributed by atoms with van der Waals surface area (Å²) in [5.74, 6) is 1.29. The standard InChI is InChI=1S/C15H19N3/c1-8-6-9(2)13(10(3)7-8)15-17-12(5)11(4)14(16)18-15/h6-7H,1-5H3,(H2,16,17,18). The lowest BCUT2D eigenvalue weighted by atomic mass is 9.99. The molecule has 18 heavy (non-hydrogen) atoms. The highest BCUT2D eigenvalue weighted by molar-refractivity contribution is 5.67. The van der Waals surface area contributed by atoms with Gasteiger partial charge in [0.1, 0.15) is 5.82 Å². The smallest absolute Gasteiger partial charge is 0.162 e. The Labute approximate surface area is 108 Å². The van der Waals surface area contributed by atoms with E-state index in [2.05, 4.69) is 42.9 Å². The minimum atomic E-state index is 0.567. The first-order valence-corrected chi connectivity index (χ1v) is 6.09. The molecule has 94 valence electrons. The number of nitrogens with zero attached hydrogens (tertiary/aromatic N) is 2. The molecule has 0 spiro atoms. The van der Waals surface area contributed by atoms with Crippen LogP contribution < -0.4 is 5.73 Å². The number of nitrogens with two attached hydrogens (primary N) is 1. The average molecular weight is 241 g/mol. The van der Waals surface area contributed by atoms with Crippen LogP contribution in [0.5, 0.6) is 0 Å². The highest BCUT2D eigenvalue weighted by Gasteiger charge is 2.12. The Bertz CT molecular complexity index is 569. The third-order valence-electron chi connectivity index (χ3n) is 3.33. The monoisotopic (exact) mass is 241 g/mol. The summed E-state index contributed by atoms with van der Waals surface area (Å²) in [6, 6.07) is 4.30. The number of hydrogen-bond donors (Lipinski definition) is 1. The number of benzene rings is 1. The average Bonchev–Trinajstić information content (AvgIpc) is 2.24. The van der Waals surface area contributed by atoms with Crippen molar-refractivity contribution in [3.8, 4) is 11.4 Å². The van der Waals surface area contributed by atoms with Gasteiger partial charge in [0.25, 0.3) is 0 Å². The van der Waals surface area contributed by atoms with Gasteiger partial charge in [-0.25, -0.2) is 9.97 Å². The molecule has 0 fully saturated rings. The second-order valence-electron chi connectivity index (χ2n) is 4.92. The van der Waals surface area contributed by atoms with Crippen molar-refractivity contribution >= 4 is 5.82 Å². The van der Waals surface area contributed by atoms with Gasteiger partial charge in [-0.3, -0.25) is 0 Å². The molecule has 0 radical (unpaired) electrons. The van der Waals surface area contributed by atoms with Crippen molar-refractivity contribution in [2.45, 2.75) is 34.6 Å². The summed E-state index contributed by atoms with van der Waals surface area (Å²) in [7, 11) is 0. The van der Waals surface area contributed by atoms with Crippen LogP contribution in [0.25, 0.3) is 11.4 Å². The van der Waals surface area contributed by atoms with Gasteiger partial charge in [0.15, 0.2) is 5.82 Å². The normalized spacial score (nSPS) is 10.7. The van der Waals surface area contributed by atoms with Gasteiger partial charge in [-0.2, -0.15) is 0 Å². The summed E-state index contributed by atoms with van der Waals surface area (Å²) in [5, 5.41) is 0. The van der Waals surface area contributed by atoms with Crippen molar-refractivity contribution in [3.63, 3.8) is 0 Å². The molecule has 1 aromatic heterocycles. The molecule has 0 aliphatic carbocycles. The van der Waals surface area contributed by atoms with Crippen molar-refractivity contribution in [2.75, 3.05) is 5.73 Å². The summed E-state index contributed by atoms with van der Waals surface area (Å²) in [4.78, 5) is 8.99. The second kappa shape index (κ2) is 4.41. The molecule has 2 aromatic rings. The van der Waals surface area contributed by atoms with E-state index in [1.807, 2.05) is 13.8 Å². The van der Waals surface area contributed by atoms with Crippen LogP contribution in [0.1, 0.15) is 27.9 Å². The largest absolute Gasteiger partial charge is 0.383 e. The lowest BCUT2D eigenvalue weighted by Gasteiger charge is -2.12. The van der Waals surface area contributed by atoms with Crippen molar-refractivity contribution < 1.29 is 0 Å². The van der Waals surface area contributed by atoms with Gasteiger partial charge >= 0.3 is 0 Å². The zero-order valence-corrected chi connectivity index (χ0v) is 11.6. The molecular formula is C15H19N3. The zero-order chi connectivity index (χ0) is 13.4. The van der Waals surface area contributed by atoms with E-state index in [4.69, 9.17) is 5.73 Å². The molecular weight excluding hydrogens is 222 g/mol. The van der Waals surface area contributed by atoms with E-state index in [9.17, 15) is 0 Å². The maximum absolute atomic E-state index is 5.94. The number of rotatable bonds is 1. The van der Waals surface area contributed by atoms with Crippen molar-refractivity contribution in [1.82, 2.24) is 9.97 Å². The lowest BCUT2D eigenvalue weighted by molar-refractivity contribution is 1.07. The quantitative estimate of drug-likeness (QED) is 0.833. The van der Waals surface area contributed by atoms with E-state index < -0.39 is 0 Å². The van der Waals surface area contributed by atoms with E-state index in [-0.39, 0.29) is 0 Å². The first-order valence-electron chi connectivity index (χ1n) is 6.09. The number of hydrogen-bond acceptors (Lipinski definition) is 3. The second-order valence-corrected chi connectivity index (χ2v) is 4.92. The van der Waals surface area contributed by atoms with Crippen LogP contribution in [0.4, 0.5) is 5.82 Å². The molecule has 3 nitrogen and oxygen atoms in total. The molecule has 0 saturated carbocycles. The molecule has 2 N–H and O–H groups in total. The summed E-state index contributed by atoms with van der Waals surface area (Å²) in [5.41, 5.74) is 12.6. The topological polar surface area (TPSA) is 51.8 Å². The fourth-order valence-corrected chi connectivity index (χ4v) is 2.30. The number of aromatic nitrogens is 2. The van der Waals surface area contributed by atoms with E-state index in [0.29, 0.717) is 5.82 Å². The van der Waals surface area contributed by atoms with Gasteiger partial charge in [-0.05, 0) is 45.7 Å². The Morgan fingerprint density at radius 1 is 0.889 bits per heavy atom. The zero-order valence-electron chi connectivity index (χ0n) is 11.6. The van der Waals surface area contributed by atoms with Crippen LogP contribution in [0.15, 0.2) is 12.1 Å². The maximum Gasteiger partial charge on any atom is 0.162 e. The predicted molar refractivity (Wildman–Crippen MR) is 75.6 cm³/mol. The molecule has 0 bridgehead atoms. The van der Waals surface area contributed by atoms with E-state index in [0.717, 1.165) is 22.6 Å². The molecule has 0 aliphatic rings. The van der Waals surface area contributed by atoms with E-state index >= 15 is 0 Å². The molecule has 1 heterocycles. The summed E-state index contributed by atoms with van der Waals surface area (Å²) in [6.45, 7) is 10.2. The van der Waals surface area contributed by atoms with Crippen LogP contribution >= 0.6 is 0 Å². The fourth-order valence-electron chi connectivity index (χ4n) is 2.30. The van der Waals surface area contributed by atoms with Crippen molar-refractivity contribution in [2.24, 2.45) is 0 Å². The van der Waals surface area contributed by atoms with Gasteiger partial charge < -0.3 is 5.73 Å². The molecule has 0 aliphatic heterocycles. The fraction of sp³-hybridized carbons (Fsp3) is 0.333. The summed E-state index contributed by atoms with van der Waals surface area (Å²) >= 11 is 0. The molecule has 0 saturated heterocycles. The molecule has 0 unspecified atom stereocenters. The maximum atomic E-state index is 5.94. The van der Waals surface area contributed by atoms with Crippen LogP contribution in [-0.2, 0) is 0 Å². The van der Waals surface area contributed by atoms with Crippen LogP contribution in [0.3, 0.4) is 0 Å². The number of aryl methyl sites for hydroxylation is 4. The Balaban J connectivity index is 2.70. The van der Waals surface area contributed by atoms with Crippen LogP contribution in [-0.4, -0.2) is 9.97 Å². The van der Waals surface area contributed by atoms with Crippen molar-refractivity contribution in [3.05, 3.63) is 40.1 Å². The Hall–Kier alpha value is -1.90. The van der Waals surface area contributed by atoms with E-state index in [1.165, 1.54) is 16.7 Å². The van der Waals surface area contributed by atoms with Crippen LogP contribution in [0, 0.1) is 34.6 Å². The summed E-state index contributed by atoms with van der Waals surface area (Å²) in [6.07, 6.45) is 0. The number of nitrogen functional groups attached to an aromatic ring is 1. The first kappa shape index (κ1) is 12.6. The number of anilines is 1. The van der Waals surface area contributed by atoms with Gasteiger partial charge in [0.05, 0.1) is 0 Å². The van der Waals surface area contributed by atoms with Crippen LogP contribution in [0.2, 0.25) is 0 Å². The first-order chi connectivity index (χ1) is 8.40. The summed E-state index contributed by atoms with van der Waals surface area (Å²) < 4.78 is 0. The molecule has 0 atom stereocenters. The third-order valence-corrected chi connectivity index (χ3v) is 3.33. The Morgan fingerprint density at radius 2 is 1.44 bits per heavy atom. The Kier molecular flexibility index (Phi) is 3.07. The minimum absolute atomic E-state index is 0.567.